The largest absolute Gasteiger partial charge is 0.480 e. The van der Waals surface area contributed by atoms with E-state index in [-0.39, 0.29) is 0 Å². The van der Waals surface area contributed by atoms with Crippen LogP contribution in [0.3, 0.4) is 0 Å². The third-order valence-electron chi connectivity index (χ3n) is 1.43. The summed E-state index contributed by atoms with van der Waals surface area (Å²) in [7, 11) is 1.50. The van der Waals surface area contributed by atoms with Crippen LogP contribution in [0.5, 0.6) is 5.88 Å². The molecule has 1 N–H and O–H groups in total. The Morgan fingerprint density at radius 1 is 1.64 bits per heavy atom. The van der Waals surface area contributed by atoms with E-state index in [2.05, 4.69) is 20.9 Å². The summed E-state index contributed by atoms with van der Waals surface area (Å²) in [6.07, 6.45) is 2.42. The topological polar surface area (TPSA) is 59.4 Å². The van der Waals surface area contributed by atoms with Gasteiger partial charge in [0.2, 0.25) is 5.88 Å². The monoisotopic (exact) mass is 257 g/mol. The van der Waals surface area contributed by atoms with Gasteiger partial charge in [-0.2, -0.15) is 0 Å². The molecular weight excluding hydrogens is 250 g/mol. The number of methoxy groups -OCH3 is 1. The normalized spacial score (nSPS) is 10.4. The number of nitrogens with zero attached hydrogens (tertiary/aromatic N) is 1. The van der Waals surface area contributed by atoms with E-state index in [4.69, 9.17) is 9.84 Å². The van der Waals surface area contributed by atoms with Crippen LogP contribution in [0.4, 0.5) is 0 Å². The van der Waals surface area contributed by atoms with Gasteiger partial charge in [0.1, 0.15) is 0 Å². The van der Waals surface area contributed by atoms with Crippen LogP contribution in [0.15, 0.2) is 22.7 Å². The van der Waals surface area contributed by atoms with Crippen LogP contribution in [0.1, 0.15) is 5.69 Å². The number of rotatable bonds is 3. The molecule has 0 bridgehead atoms. The lowest BCUT2D eigenvalue weighted by molar-refractivity contribution is -0.131. The molecule has 0 saturated carbocycles. The molecule has 0 aliphatic carbocycles. The number of pyridine rings is 1. The fourth-order valence-corrected chi connectivity index (χ4v) is 1.21. The Labute approximate surface area is 89.4 Å². The lowest BCUT2D eigenvalue weighted by atomic mass is 10.3. The van der Waals surface area contributed by atoms with Crippen molar-refractivity contribution in [3.63, 3.8) is 0 Å². The number of hydrogen-bond donors (Lipinski definition) is 1. The number of aromatic nitrogens is 1. The van der Waals surface area contributed by atoms with Crippen molar-refractivity contribution in [2.75, 3.05) is 7.11 Å². The first-order valence-corrected chi connectivity index (χ1v) is 4.54. The number of carboxylic acids is 1. The molecule has 1 aromatic rings. The maximum Gasteiger partial charge on any atom is 0.328 e. The molecular formula is C9H8BrNO3. The maximum absolute atomic E-state index is 10.2. The fourth-order valence-electron chi connectivity index (χ4n) is 0.830. The molecule has 4 nitrogen and oxygen atoms in total. The van der Waals surface area contributed by atoms with Gasteiger partial charge in [0, 0.05) is 6.08 Å². The van der Waals surface area contributed by atoms with E-state index in [1.807, 2.05) is 0 Å². The molecule has 0 aliphatic heterocycles. The SMILES string of the molecule is COc1nc(/C=C/C(=O)O)ccc1Br. The van der Waals surface area contributed by atoms with Gasteiger partial charge < -0.3 is 9.84 Å². The molecule has 0 atom stereocenters. The second kappa shape index (κ2) is 4.76. The van der Waals surface area contributed by atoms with E-state index < -0.39 is 5.97 Å². The van der Waals surface area contributed by atoms with Gasteiger partial charge in [0.05, 0.1) is 17.3 Å². The third kappa shape index (κ3) is 2.85. The van der Waals surface area contributed by atoms with Gasteiger partial charge in [-0.05, 0) is 34.1 Å². The van der Waals surface area contributed by atoms with E-state index in [1.54, 1.807) is 12.1 Å². The lowest BCUT2D eigenvalue weighted by Gasteiger charge is -2.01. The summed E-state index contributed by atoms with van der Waals surface area (Å²) >= 11 is 3.24. The number of carboxylic acid groups (broad SMARTS) is 1. The Kier molecular flexibility index (Phi) is 3.64. The van der Waals surface area contributed by atoms with Crippen LogP contribution in [0, 0.1) is 0 Å². The van der Waals surface area contributed by atoms with Crippen molar-refractivity contribution in [2.45, 2.75) is 0 Å². The Morgan fingerprint density at radius 2 is 2.36 bits per heavy atom. The van der Waals surface area contributed by atoms with Crippen LogP contribution in [-0.4, -0.2) is 23.2 Å². The molecule has 0 aromatic carbocycles. The Bertz CT molecular complexity index is 376. The summed E-state index contributed by atoms with van der Waals surface area (Å²) in [5, 5.41) is 8.40. The zero-order chi connectivity index (χ0) is 10.6. The van der Waals surface area contributed by atoms with Crippen molar-refractivity contribution in [2.24, 2.45) is 0 Å². The van der Waals surface area contributed by atoms with Crippen molar-refractivity contribution in [3.8, 4) is 5.88 Å². The maximum atomic E-state index is 10.2. The van der Waals surface area contributed by atoms with Crippen LogP contribution in [0.25, 0.3) is 6.08 Å². The third-order valence-corrected chi connectivity index (χ3v) is 2.03. The molecule has 0 amide bonds. The zero-order valence-corrected chi connectivity index (χ0v) is 8.98. The summed E-state index contributed by atoms with van der Waals surface area (Å²) in [6, 6.07) is 3.43. The predicted molar refractivity (Wildman–Crippen MR) is 55.2 cm³/mol. The van der Waals surface area contributed by atoms with E-state index in [9.17, 15) is 4.79 Å². The lowest BCUT2D eigenvalue weighted by Crippen LogP contribution is -1.91. The summed E-state index contributed by atoms with van der Waals surface area (Å²) in [6.45, 7) is 0. The Balaban J connectivity index is 2.95. The van der Waals surface area contributed by atoms with Crippen molar-refractivity contribution in [1.82, 2.24) is 4.98 Å². The van der Waals surface area contributed by atoms with Gasteiger partial charge in [0.15, 0.2) is 0 Å². The Morgan fingerprint density at radius 3 is 2.93 bits per heavy atom. The van der Waals surface area contributed by atoms with Gasteiger partial charge in [-0.25, -0.2) is 9.78 Å². The minimum atomic E-state index is -1.01. The first-order chi connectivity index (χ1) is 6.63. The Hall–Kier alpha value is -1.36. The van der Waals surface area contributed by atoms with Crippen molar-refractivity contribution in [1.29, 1.82) is 0 Å². The van der Waals surface area contributed by atoms with Gasteiger partial charge >= 0.3 is 5.97 Å². The highest BCUT2D eigenvalue weighted by molar-refractivity contribution is 9.10. The quantitative estimate of drug-likeness (QED) is 0.842. The van der Waals surface area contributed by atoms with Gasteiger partial charge in [0.25, 0.3) is 0 Å². The molecule has 1 heterocycles. The molecule has 0 saturated heterocycles. The van der Waals surface area contributed by atoms with Crippen molar-refractivity contribution >= 4 is 28.0 Å². The van der Waals surface area contributed by atoms with Crippen LogP contribution >= 0.6 is 15.9 Å². The number of aliphatic carboxylic acids is 1. The van der Waals surface area contributed by atoms with Crippen molar-refractivity contribution < 1.29 is 14.6 Å². The number of carbonyl (C=O) groups is 1. The van der Waals surface area contributed by atoms with Crippen molar-refractivity contribution in [3.05, 3.63) is 28.4 Å². The predicted octanol–water partition coefficient (Wildman–Crippen LogP) is 1.95. The van der Waals surface area contributed by atoms with Crippen LogP contribution in [0.2, 0.25) is 0 Å². The first-order valence-electron chi connectivity index (χ1n) is 3.75. The average Bonchev–Trinajstić information content (AvgIpc) is 2.16. The molecule has 5 heteroatoms. The highest BCUT2D eigenvalue weighted by Crippen LogP contribution is 2.22. The molecule has 0 aliphatic rings. The molecule has 1 aromatic heterocycles. The van der Waals surface area contributed by atoms with E-state index in [0.717, 1.165) is 10.5 Å². The molecule has 0 spiro atoms. The highest BCUT2D eigenvalue weighted by Gasteiger charge is 2.01. The summed E-state index contributed by atoms with van der Waals surface area (Å²) < 4.78 is 5.68. The first kappa shape index (κ1) is 10.7. The molecule has 0 fully saturated rings. The summed E-state index contributed by atoms with van der Waals surface area (Å²) in [5.74, 6) is -0.578. The number of ether oxygens (including phenoxy) is 1. The molecule has 0 unspecified atom stereocenters. The standard InChI is InChI=1S/C9H8BrNO3/c1-14-9-7(10)4-2-6(11-9)3-5-8(12)13/h2-5H,1H3,(H,12,13)/b5-3+. The van der Waals surface area contributed by atoms with E-state index >= 15 is 0 Å². The van der Waals surface area contributed by atoms with Gasteiger partial charge in [-0.3, -0.25) is 0 Å². The van der Waals surface area contributed by atoms with Gasteiger partial charge in [-0.1, -0.05) is 0 Å². The minimum absolute atomic E-state index is 0.428. The smallest absolute Gasteiger partial charge is 0.328 e. The molecule has 74 valence electrons. The zero-order valence-electron chi connectivity index (χ0n) is 7.40. The summed E-state index contributed by atoms with van der Waals surface area (Å²) in [4.78, 5) is 14.3. The highest BCUT2D eigenvalue weighted by atomic mass is 79.9. The van der Waals surface area contributed by atoms with Gasteiger partial charge in [-0.15, -0.1) is 0 Å². The second-order valence-corrected chi connectivity index (χ2v) is 3.25. The number of halogens is 1. The summed E-state index contributed by atoms with van der Waals surface area (Å²) in [5.41, 5.74) is 0.535. The molecule has 0 radical (unpaired) electrons. The minimum Gasteiger partial charge on any atom is -0.480 e. The molecule has 14 heavy (non-hydrogen) atoms. The molecule has 1 rings (SSSR count). The fraction of sp³-hybridized carbons (Fsp3) is 0.111. The average molecular weight is 258 g/mol. The second-order valence-electron chi connectivity index (χ2n) is 2.40. The van der Waals surface area contributed by atoms with Crippen LogP contribution in [-0.2, 0) is 4.79 Å². The van der Waals surface area contributed by atoms with E-state index in [1.165, 1.54) is 13.2 Å². The number of hydrogen-bond acceptors (Lipinski definition) is 3. The van der Waals surface area contributed by atoms with E-state index in [0.29, 0.717) is 11.6 Å². The van der Waals surface area contributed by atoms with Crippen LogP contribution < -0.4 is 4.74 Å².